The van der Waals surface area contributed by atoms with E-state index in [4.69, 9.17) is 4.74 Å². The highest BCUT2D eigenvalue weighted by Crippen LogP contribution is 2.67. The summed E-state index contributed by atoms with van der Waals surface area (Å²) in [6.45, 7) is 5.48. The van der Waals surface area contributed by atoms with Crippen molar-refractivity contribution in [3.8, 4) is 5.75 Å². The second-order valence-corrected chi connectivity index (χ2v) is 9.59. The number of fused-ring (bicyclic) bond motifs is 2. The summed E-state index contributed by atoms with van der Waals surface area (Å²) in [6, 6.07) is 19.5. The van der Waals surface area contributed by atoms with Crippen molar-refractivity contribution in [1.82, 2.24) is 0 Å². The van der Waals surface area contributed by atoms with Crippen LogP contribution < -0.4 is 4.74 Å². The summed E-state index contributed by atoms with van der Waals surface area (Å²) in [5.41, 5.74) is 2.75. The monoisotopic (exact) mass is 328 g/mol. The van der Waals surface area contributed by atoms with Crippen LogP contribution in [0.25, 0.3) is 0 Å². The molecule has 0 aliphatic carbocycles. The molecule has 1 spiro atoms. The maximum Gasteiger partial charge on any atom is 0.124 e. The van der Waals surface area contributed by atoms with E-state index in [9.17, 15) is 0 Å². The van der Waals surface area contributed by atoms with Gasteiger partial charge in [0.1, 0.15) is 9.83 Å². The molecule has 0 radical (unpaired) electrons. The predicted octanol–water partition coefficient (Wildman–Crippen LogP) is 5.27. The molecule has 22 heavy (non-hydrogen) atoms. The highest BCUT2D eigenvalue weighted by molar-refractivity contribution is 8.21. The van der Waals surface area contributed by atoms with Crippen LogP contribution >= 0.6 is 23.5 Å². The molecule has 4 rings (SSSR count). The molecule has 2 heterocycles. The van der Waals surface area contributed by atoms with E-state index >= 15 is 0 Å². The third-order valence-electron chi connectivity index (χ3n) is 4.71. The lowest BCUT2D eigenvalue weighted by Gasteiger charge is -2.41. The molecule has 0 unspecified atom stereocenters. The highest BCUT2D eigenvalue weighted by atomic mass is 32.2. The van der Waals surface area contributed by atoms with Gasteiger partial charge in [0.15, 0.2) is 0 Å². The molecule has 114 valence electrons. The number of hydrogen-bond donors (Lipinski definition) is 0. The lowest BCUT2D eigenvalue weighted by Crippen LogP contribution is -2.34. The minimum atomic E-state index is 0.0784. The SMILES string of the molecule is C[C@H]1SC2(S[C@@H]1C)c1ccccc1OC[C@H]2c1ccccc1. The predicted molar refractivity (Wildman–Crippen MR) is 96.9 cm³/mol. The highest BCUT2D eigenvalue weighted by Gasteiger charge is 2.53. The molecule has 3 heteroatoms. The van der Waals surface area contributed by atoms with Crippen LogP contribution in [0, 0.1) is 0 Å². The molecule has 0 aromatic heterocycles. The van der Waals surface area contributed by atoms with Gasteiger partial charge in [-0.3, -0.25) is 0 Å². The molecule has 1 saturated heterocycles. The second kappa shape index (κ2) is 5.54. The number of ether oxygens (including phenoxy) is 1. The van der Waals surface area contributed by atoms with E-state index in [1.807, 2.05) is 0 Å². The summed E-state index contributed by atoms with van der Waals surface area (Å²) in [5.74, 6) is 1.46. The van der Waals surface area contributed by atoms with Crippen molar-refractivity contribution in [2.75, 3.05) is 6.61 Å². The molecule has 1 nitrogen and oxygen atoms in total. The summed E-state index contributed by atoms with van der Waals surface area (Å²) in [4.78, 5) is 0. The molecule has 2 aliphatic heterocycles. The smallest absolute Gasteiger partial charge is 0.124 e. The standard InChI is InChI=1S/C19H20OS2/c1-13-14(2)22-19(21-13)16-10-6-7-11-18(16)20-12-17(19)15-8-4-3-5-9-15/h3-11,13-14,17H,12H2,1-2H3/t13-,14-,17+/m1/s1. The topological polar surface area (TPSA) is 9.23 Å². The molecular weight excluding hydrogens is 308 g/mol. The second-order valence-electron chi connectivity index (χ2n) is 6.08. The van der Waals surface area contributed by atoms with E-state index in [0.717, 1.165) is 12.4 Å². The van der Waals surface area contributed by atoms with Gasteiger partial charge < -0.3 is 4.74 Å². The third-order valence-corrected chi connectivity index (χ3v) is 8.73. The summed E-state index contributed by atoms with van der Waals surface area (Å²) >= 11 is 4.25. The number of benzene rings is 2. The van der Waals surface area contributed by atoms with Crippen molar-refractivity contribution < 1.29 is 4.74 Å². The Morgan fingerprint density at radius 3 is 2.27 bits per heavy atom. The van der Waals surface area contributed by atoms with Crippen molar-refractivity contribution >= 4 is 23.5 Å². The van der Waals surface area contributed by atoms with Gasteiger partial charge in [-0.05, 0) is 11.6 Å². The van der Waals surface area contributed by atoms with Crippen LogP contribution in [0.5, 0.6) is 5.75 Å². The van der Waals surface area contributed by atoms with Crippen molar-refractivity contribution in [3.63, 3.8) is 0 Å². The first-order valence-electron chi connectivity index (χ1n) is 7.83. The van der Waals surface area contributed by atoms with Crippen molar-refractivity contribution in [2.45, 2.75) is 34.3 Å². The van der Waals surface area contributed by atoms with E-state index in [1.165, 1.54) is 11.1 Å². The fourth-order valence-corrected chi connectivity index (χ4v) is 7.70. The molecule has 2 aromatic carbocycles. The van der Waals surface area contributed by atoms with E-state index in [-0.39, 0.29) is 4.08 Å². The summed E-state index contributed by atoms with van der Waals surface area (Å²) in [5, 5.41) is 1.31. The van der Waals surface area contributed by atoms with Crippen molar-refractivity contribution in [1.29, 1.82) is 0 Å². The zero-order chi connectivity index (χ0) is 15.2. The molecule has 0 saturated carbocycles. The van der Waals surface area contributed by atoms with Gasteiger partial charge in [-0.15, -0.1) is 23.5 Å². The Bertz CT molecular complexity index is 660. The molecule has 0 N–H and O–H groups in total. The van der Waals surface area contributed by atoms with Gasteiger partial charge in [0, 0.05) is 22.0 Å². The van der Waals surface area contributed by atoms with Crippen LogP contribution in [0.4, 0.5) is 0 Å². The zero-order valence-corrected chi connectivity index (χ0v) is 14.5. The summed E-state index contributed by atoms with van der Waals surface area (Å²) < 4.78 is 6.20. The largest absolute Gasteiger partial charge is 0.492 e. The van der Waals surface area contributed by atoms with Gasteiger partial charge in [0.25, 0.3) is 0 Å². The van der Waals surface area contributed by atoms with Gasteiger partial charge >= 0.3 is 0 Å². The Hall–Kier alpha value is -1.06. The zero-order valence-electron chi connectivity index (χ0n) is 12.9. The van der Waals surface area contributed by atoms with Gasteiger partial charge in [-0.1, -0.05) is 62.4 Å². The Labute approximate surface area is 140 Å². The number of para-hydroxylation sites is 1. The number of thioether (sulfide) groups is 2. The number of rotatable bonds is 1. The molecular formula is C19H20OS2. The molecule has 1 fully saturated rings. The normalized spacial score (nSPS) is 29.1. The lowest BCUT2D eigenvalue weighted by atomic mass is 9.89. The fraction of sp³-hybridized carbons (Fsp3) is 0.368. The van der Waals surface area contributed by atoms with Crippen LogP contribution in [0.3, 0.4) is 0 Å². The maximum absolute atomic E-state index is 6.12. The molecule has 0 bridgehead atoms. The van der Waals surface area contributed by atoms with Crippen LogP contribution in [0.1, 0.15) is 30.9 Å². The Morgan fingerprint density at radius 2 is 1.55 bits per heavy atom. The summed E-state index contributed by atoms with van der Waals surface area (Å²) in [7, 11) is 0. The summed E-state index contributed by atoms with van der Waals surface area (Å²) in [6.07, 6.45) is 0. The van der Waals surface area contributed by atoms with Crippen molar-refractivity contribution in [2.24, 2.45) is 0 Å². The average Bonchev–Trinajstić information content (AvgIpc) is 2.84. The first-order valence-corrected chi connectivity index (χ1v) is 9.59. The minimum absolute atomic E-state index is 0.0784. The van der Waals surface area contributed by atoms with E-state index in [0.29, 0.717) is 16.4 Å². The fourth-order valence-electron chi connectivity index (χ4n) is 3.41. The van der Waals surface area contributed by atoms with Gasteiger partial charge in [-0.25, -0.2) is 0 Å². The van der Waals surface area contributed by atoms with Gasteiger partial charge in [-0.2, -0.15) is 0 Å². The van der Waals surface area contributed by atoms with Crippen LogP contribution in [-0.4, -0.2) is 17.1 Å². The van der Waals surface area contributed by atoms with Crippen LogP contribution in [0.15, 0.2) is 54.6 Å². The third kappa shape index (κ3) is 2.17. The van der Waals surface area contributed by atoms with Gasteiger partial charge in [0.05, 0.1) is 6.61 Å². The van der Waals surface area contributed by atoms with E-state index in [1.54, 1.807) is 0 Å². The minimum Gasteiger partial charge on any atom is -0.492 e. The van der Waals surface area contributed by atoms with E-state index in [2.05, 4.69) is 92.0 Å². The van der Waals surface area contributed by atoms with Crippen LogP contribution in [0.2, 0.25) is 0 Å². The lowest BCUT2D eigenvalue weighted by molar-refractivity contribution is 0.253. The quantitative estimate of drug-likeness (QED) is 0.705. The van der Waals surface area contributed by atoms with Crippen molar-refractivity contribution in [3.05, 3.63) is 65.7 Å². The van der Waals surface area contributed by atoms with Crippen LogP contribution in [-0.2, 0) is 4.08 Å². The molecule has 0 amide bonds. The van der Waals surface area contributed by atoms with Gasteiger partial charge in [0.2, 0.25) is 0 Å². The Morgan fingerprint density at radius 1 is 0.909 bits per heavy atom. The average molecular weight is 329 g/mol. The number of hydrogen-bond acceptors (Lipinski definition) is 3. The van der Waals surface area contributed by atoms with E-state index < -0.39 is 0 Å². The first-order chi connectivity index (χ1) is 10.7. The Balaban J connectivity index is 1.87. The first kappa shape index (κ1) is 14.5. The molecule has 3 atom stereocenters. The molecule has 2 aliphatic rings. The Kier molecular flexibility index (Phi) is 3.66. The maximum atomic E-state index is 6.12. The molecule has 2 aromatic rings.